The van der Waals surface area contributed by atoms with Crippen LogP contribution in [0.5, 0.6) is 0 Å². The summed E-state index contributed by atoms with van der Waals surface area (Å²) in [4.78, 5) is 29.0. The van der Waals surface area contributed by atoms with Gasteiger partial charge in [-0.3, -0.25) is 13.9 Å². The Morgan fingerprint density at radius 3 is 2.08 bits per heavy atom. The van der Waals surface area contributed by atoms with Crippen molar-refractivity contribution in [2.24, 2.45) is 0 Å². The summed E-state index contributed by atoms with van der Waals surface area (Å²) in [6.45, 7) is 4.97. The molecule has 1 atom stereocenters. The van der Waals surface area contributed by atoms with Gasteiger partial charge < -0.3 is 10.2 Å². The predicted octanol–water partition coefficient (Wildman–Crippen LogP) is 4.91. The Hall–Kier alpha value is -3.24. The molecule has 10 heteroatoms. The molecule has 0 spiro atoms. The van der Waals surface area contributed by atoms with E-state index in [1.54, 1.807) is 36.4 Å². The van der Waals surface area contributed by atoms with Gasteiger partial charge in [-0.1, -0.05) is 54.6 Å². The first-order valence-corrected chi connectivity index (χ1v) is 15.0. The lowest BCUT2D eigenvalue weighted by Gasteiger charge is -2.35. The van der Waals surface area contributed by atoms with E-state index in [9.17, 15) is 22.4 Å². The van der Waals surface area contributed by atoms with Crippen molar-refractivity contribution >= 4 is 43.5 Å². The summed E-state index contributed by atoms with van der Waals surface area (Å²) >= 11 is 3.38. The zero-order valence-electron chi connectivity index (χ0n) is 22.4. The topological polar surface area (TPSA) is 86.8 Å². The maximum Gasteiger partial charge on any atom is 0.244 e. The van der Waals surface area contributed by atoms with Gasteiger partial charge in [0.1, 0.15) is 18.4 Å². The molecule has 0 saturated heterocycles. The molecule has 0 unspecified atom stereocenters. The smallest absolute Gasteiger partial charge is 0.244 e. The van der Waals surface area contributed by atoms with Crippen LogP contribution in [0.25, 0.3) is 0 Å². The van der Waals surface area contributed by atoms with Crippen LogP contribution >= 0.6 is 15.9 Å². The molecule has 0 saturated carbocycles. The van der Waals surface area contributed by atoms with E-state index in [-0.39, 0.29) is 18.9 Å². The van der Waals surface area contributed by atoms with Crippen LogP contribution in [0.15, 0.2) is 83.3 Å². The molecule has 3 aromatic carbocycles. The van der Waals surface area contributed by atoms with Crippen LogP contribution in [0.1, 0.15) is 31.9 Å². The summed E-state index contributed by atoms with van der Waals surface area (Å²) in [5.74, 6) is -1.39. The first kappa shape index (κ1) is 30.3. The fourth-order valence-electron chi connectivity index (χ4n) is 4.04. The third-order valence-corrected chi connectivity index (χ3v) is 7.63. The summed E-state index contributed by atoms with van der Waals surface area (Å²) in [6, 6.07) is 20.6. The van der Waals surface area contributed by atoms with Crippen molar-refractivity contribution in [2.45, 2.75) is 45.3 Å². The summed E-state index contributed by atoms with van der Waals surface area (Å²) < 4.78 is 40.8. The van der Waals surface area contributed by atoms with Gasteiger partial charge in [0.05, 0.1) is 11.9 Å². The van der Waals surface area contributed by atoms with Crippen molar-refractivity contribution in [3.63, 3.8) is 0 Å². The highest BCUT2D eigenvalue weighted by Crippen LogP contribution is 2.28. The molecular formula is C29H33BrFN3O4S. The van der Waals surface area contributed by atoms with E-state index in [2.05, 4.69) is 21.2 Å². The van der Waals surface area contributed by atoms with Gasteiger partial charge in [-0.05, 0) is 72.1 Å². The lowest BCUT2D eigenvalue weighted by atomic mass is 10.0. The fraction of sp³-hybridized carbons (Fsp3) is 0.310. The normalized spacial score (nSPS) is 12.5. The highest BCUT2D eigenvalue weighted by Gasteiger charge is 2.34. The number of rotatable bonds is 10. The monoisotopic (exact) mass is 617 g/mol. The van der Waals surface area contributed by atoms with E-state index >= 15 is 0 Å². The Labute approximate surface area is 238 Å². The Morgan fingerprint density at radius 2 is 1.51 bits per heavy atom. The number of amides is 2. The number of nitrogens with one attached hydrogen (secondary N) is 1. The third kappa shape index (κ3) is 8.90. The van der Waals surface area contributed by atoms with Gasteiger partial charge in [0, 0.05) is 23.0 Å². The first-order valence-electron chi connectivity index (χ1n) is 12.4. The molecule has 0 fully saturated rings. The average Bonchev–Trinajstić information content (AvgIpc) is 2.85. The molecule has 0 bridgehead atoms. The second kappa shape index (κ2) is 12.7. The molecule has 0 radical (unpaired) electrons. The number of carbonyl (C=O) groups is 2. The molecule has 0 aromatic heterocycles. The van der Waals surface area contributed by atoms with E-state index in [1.807, 2.05) is 51.1 Å². The second-order valence-electron chi connectivity index (χ2n) is 10.3. The number of sulfonamides is 1. The van der Waals surface area contributed by atoms with Crippen LogP contribution in [0.2, 0.25) is 0 Å². The Bertz CT molecular complexity index is 1390. The van der Waals surface area contributed by atoms with Crippen LogP contribution in [-0.4, -0.2) is 49.5 Å². The van der Waals surface area contributed by atoms with Gasteiger partial charge in [0.15, 0.2) is 0 Å². The molecular weight excluding hydrogens is 585 g/mol. The number of hydrogen-bond acceptors (Lipinski definition) is 4. The van der Waals surface area contributed by atoms with Crippen LogP contribution < -0.4 is 9.62 Å². The van der Waals surface area contributed by atoms with Crippen molar-refractivity contribution in [1.82, 2.24) is 10.2 Å². The minimum Gasteiger partial charge on any atom is -0.350 e. The maximum atomic E-state index is 14.0. The van der Waals surface area contributed by atoms with E-state index in [4.69, 9.17) is 0 Å². The first-order chi connectivity index (χ1) is 18.2. The number of para-hydroxylation sites is 1. The van der Waals surface area contributed by atoms with Gasteiger partial charge >= 0.3 is 0 Å². The van der Waals surface area contributed by atoms with Crippen molar-refractivity contribution in [2.75, 3.05) is 17.1 Å². The fourth-order valence-corrected chi connectivity index (χ4v) is 5.52. The quantitative estimate of drug-likeness (QED) is 0.350. The van der Waals surface area contributed by atoms with Crippen LogP contribution in [0.3, 0.4) is 0 Å². The number of hydrogen-bond donors (Lipinski definition) is 1. The lowest BCUT2D eigenvalue weighted by Crippen LogP contribution is -2.56. The molecule has 7 nitrogen and oxygen atoms in total. The molecule has 2 amide bonds. The largest absolute Gasteiger partial charge is 0.350 e. The highest BCUT2D eigenvalue weighted by molar-refractivity contribution is 9.10. The molecule has 0 heterocycles. The van der Waals surface area contributed by atoms with Crippen molar-refractivity contribution in [3.8, 4) is 0 Å². The minimum absolute atomic E-state index is 0.0261. The van der Waals surface area contributed by atoms with Crippen LogP contribution in [0, 0.1) is 5.82 Å². The Morgan fingerprint density at radius 1 is 0.923 bits per heavy atom. The Balaban J connectivity index is 2.08. The van der Waals surface area contributed by atoms with E-state index in [0.717, 1.165) is 16.1 Å². The number of anilines is 1. The summed E-state index contributed by atoms with van der Waals surface area (Å²) in [5.41, 5.74) is 1.14. The number of carbonyl (C=O) groups excluding carboxylic acids is 2. The van der Waals surface area contributed by atoms with Crippen molar-refractivity contribution < 1.29 is 22.4 Å². The SMILES string of the molecule is CC(C)(C)NC(=O)[C@H](Cc1ccccc1)N(Cc1ccc(F)cc1)C(=O)CN(c1ccccc1Br)S(C)(=O)=O. The lowest BCUT2D eigenvalue weighted by molar-refractivity contribution is -0.140. The standard InChI is InChI=1S/C29H33BrFN3O4S/c1-29(2,3)32-28(36)26(18-21-10-6-5-7-11-21)33(19-22-14-16-23(31)17-15-22)27(35)20-34(39(4,37)38)25-13-9-8-12-24(25)30/h5-17,26H,18-20H2,1-4H3,(H,32,36)/t26-/m0/s1. The predicted molar refractivity (Wildman–Crippen MR) is 155 cm³/mol. The number of benzene rings is 3. The maximum absolute atomic E-state index is 14.0. The Kier molecular flexibility index (Phi) is 9.90. The van der Waals surface area contributed by atoms with Crippen molar-refractivity contribution in [1.29, 1.82) is 0 Å². The average molecular weight is 619 g/mol. The molecule has 0 aliphatic rings. The summed E-state index contributed by atoms with van der Waals surface area (Å²) in [5, 5.41) is 2.96. The number of halogens is 2. The minimum atomic E-state index is -3.88. The molecule has 0 aliphatic carbocycles. The third-order valence-electron chi connectivity index (χ3n) is 5.84. The van der Waals surface area contributed by atoms with E-state index < -0.39 is 39.9 Å². The number of nitrogens with zero attached hydrogens (tertiary/aromatic N) is 2. The van der Waals surface area contributed by atoms with E-state index in [1.165, 1.54) is 17.0 Å². The molecule has 3 rings (SSSR count). The summed E-state index contributed by atoms with van der Waals surface area (Å²) in [6.07, 6.45) is 1.22. The second-order valence-corrected chi connectivity index (χ2v) is 13.1. The molecule has 0 aliphatic heterocycles. The van der Waals surface area contributed by atoms with Crippen LogP contribution in [0.4, 0.5) is 10.1 Å². The summed E-state index contributed by atoms with van der Waals surface area (Å²) in [7, 11) is -3.88. The molecule has 208 valence electrons. The molecule has 3 aromatic rings. The zero-order chi connectivity index (χ0) is 28.8. The van der Waals surface area contributed by atoms with Crippen molar-refractivity contribution in [3.05, 3.63) is 100 Å². The van der Waals surface area contributed by atoms with Gasteiger partial charge in [-0.2, -0.15) is 0 Å². The zero-order valence-corrected chi connectivity index (χ0v) is 24.8. The van der Waals surface area contributed by atoms with Gasteiger partial charge in [0.25, 0.3) is 0 Å². The van der Waals surface area contributed by atoms with Gasteiger partial charge in [-0.25, -0.2) is 12.8 Å². The highest BCUT2D eigenvalue weighted by atomic mass is 79.9. The molecule has 1 N–H and O–H groups in total. The van der Waals surface area contributed by atoms with Gasteiger partial charge in [0.2, 0.25) is 21.8 Å². The van der Waals surface area contributed by atoms with Crippen LogP contribution in [-0.2, 0) is 32.6 Å². The molecule has 39 heavy (non-hydrogen) atoms. The van der Waals surface area contributed by atoms with E-state index in [0.29, 0.717) is 15.7 Å². The van der Waals surface area contributed by atoms with Gasteiger partial charge in [-0.15, -0.1) is 0 Å².